The average molecular weight is 355 g/mol. The van der Waals surface area contributed by atoms with E-state index in [9.17, 15) is 14.7 Å². The van der Waals surface area contributed by atoms with Crippen molar-refractivity contribution in [3.05, 3.63) is 0 Å². The SMILES string of the molecule is CC1(C)OB(CCCOC(=O)C2C3COC3CN2C(=O)O)OC1(C)C. The lowest BCUT2D eigenvalue weighted by Gasteiger charge is -2.32. The minimum absolute atomic E-state index is 0.0910. The summed E-state index contributed by atoms with van der Waals surface area (Å²) in [6, 6.07) is -0.756. The van der Waals surface area contributed by atoms with Gasteiger partial charge in [0.1, 0.15) is 6.04 Å². The first-order valence-electron chi connectivity index (χ1n) is 8.76. The van der Waals surface area contributed by atoms with Gasteiger partial charge in [-0.2, -0.15) is 0 Å². The molecular formula is C16H26BNO7. The molecule has 1 amide bonds. The molecule has 3 unspecified atom stereocenters. The molecule has 3 rings (SSSR count). The fourth-order valence-corrected chi connectivity index (χ4v) is 3.45. The van der Waals surface area contributed by atoms with Crippen LogP contribution in [0.1, 0.15) is 34.1 Å². The van der Waals surface area contributed by atoms with Gasteiger partial charge in [-0.05, 0) is 40.4 Å². The fraction of sp³-hybridized carbons (Fsp3) is 0.875. The number of amides is 1. The third kappa shape index (κ3) is 3.37. The molecule has 0 aromatic carbocycles. The maximum atomic E-state index is 12.3. The van der Waals surface area contributed by atoms with Gasteiger partial charge >= 0.3 is 19.2 Å². The molecule has 0 aromatic rings. The Morgan fingerprint density at radius 2 is 1.88 bits per heavy atom. The van der Waals surface area contributed by atoms with Crippen molar-refractivity contribution in [1.29, 1.82) is 0 Å². The third-order valence-electron chi connectivity index (χ3n) is 5.72. The summed E-state index contributed by atoms with van der Waals surface area (Å²) in [6.07, 6.45) is -0.0918. The highest BCUT2D eigenvalue weighted by Crippen LogP contribution is 2.38. The third-order valence-corrected chi connectivity index (χ3v) is 5.72. The fourth-order valence-electron chi connectivity index (χ4n) is 3.45. The summed E-state index contributed by atoms with van der Waals surface area (Å²) >= 11 is 0. The lowest BCUT2D eigenvalue weighted by atomic mass is 9.83. The first-order chi connectivity index (χ1) is 11.6. The number of hydrogen-bond donors (Lipinski definition) is 1. The Balaban J connectivity index is 1.43. The van der Waals surface area contributed by atoms with Crippen LogP contribution in [-0.4, -0.2) is 72.3 Å². The Morgan fingerprint density at radius 3 is 2.40 bits per heavy atom. The van der Waals surface area contributed by atoms with Crippen molar-refractivity contribution in [3.63, 3.8) is 0 Å². The number of fused-ring (bicyclic) bond motifs is 1. The maximum Gasteiger partial charge on any atom is 0.457 e. The minimum Gasteiger partial charge on any atom is -0.465 e. The zero-order valence-corrected chi connectivity index (χ0v) is 15.2. The maximum absolute atomic E-state index is 12.3. The van der Waals surface area contributed by atoms with Gasteiger partial charge in [0.25, 0.3) is 0 Å². The zero-order chi connectivity index (χ0) is 18.4. The zero-order valence-electron chi connectivity index (χ0n) is 15.2. The van der Waals surface area contributed by atoms with Gasteiger partial charge in [-0.3, -0.25) is 4.90 Å². The monoisotopic (exact) mass is 355 g/mol. The number of likely N-dealkylation sites (tertiary alicyclic amines) is 1. The van der Waals surface area contributed by atoms with E-state index in [1.165, 1.54) is 0 Å². The van der Waals surface area contributed by atoms with Crippen LogP contribution in [0.5, 0.6) is 0 Å². The van der Waals surface area contributed by atoms with Crippen LogP contribution < -0.4 is 0 Å². The minimum atomic E-state index is -1.11. The molecule has 3 aliphatic rings. The molecule has 140 valence electrons. The molecular weight excluding hydrogens is 329 g/mol. The van der Waals surface area contributed by atoms with Crippen molar-refractivity contribution in [3.8, 4) is 0 Å². The Hall–Kier alpha value is -1.32. The first-order valence-corrected chi connectivity index (χ1v) is 8.76. The predicted octanol–water partition coefficient (Wildman–Crippen LogP) is 1.39. The van der Waals surface area contributed by atoms with Crippen LogP contribution in [0.2, 0.25) is 6.32 Å². The molecule has 3 heterocycles. The van der Waals surface area contributed by atoms with E-state index in [2.05, 4.69) is 0 Å². The summed E-state index contributed by atoms with van der Waals surface area (Å²) in [6.45, 7) is 8.81. The van der Waals surface area contributed by atoms with Gasteiger partial charge in [0.15, 0.2) is 0 Å². The van der Waals surface area contributed by atoms with Crippen molar-refractivity contribution in [2.45, 2.75) is 63.8 Å². The summed E-state index contributed by atoms with van der Waals surface area (Å²) in [5.74, 6) is -0.584. The molecule has 0 saturated carbocycles. The molecule has 3 fully saturated rings. The summed E-state index contributed by atoms with van der Waals surface area (Å²) in [5, 5.41) is 9.24. The van der Waals surface area contributed by atoms with Gasteiger partial charge in [-0.25, -0.2) is 9.59 Å². The number of carbonyl (C=O) groups is 2. The predicted molar refractivity (Wildman–Crippen MR) is 88.2 cm³/mol. The average Bonchev–Trinajstić information content (AvgIpc) is 2.84. The van der Waals surface area contributed by atoms with Gasteiger partial charge in [-0.15, -0.1) is 0 Å². The lowest BCUT2D eigenvalue weighted by Crippen LogP contribution is -2.47. The number of nitrogens with zero attached hydrogens (tertiary/aromatic N) is 1. The molecule has 3 atom stereocenters. The van der Waals surface area contributed by atoms with Crippen LogP contribution >= 0.6 is 0 Å². The molecule has 3 saturated heterocycles. The van der Waals surface area contributed by atoms with Crippen LogP contribution in [0.3, 0.4) is 0 Å². The van der Waals surface area contributed by atoms with Crippen LogP contribution in [0.4, 0.5) is 4.79 Å². The van der Waals surface area contributed by atoms with E-state index < -0.39 is 18.1 Å². The Bertz CT molecular complexity index is 537. The number of rotatable bonds is 5. The summed E-state index contributed by atoms with van der Waals surface area (Å²) in [5.41, 5.74) is -0.751. The Labute approximate surface area is 147 Å². The molecule has 0 aromatic heterocycles. The molecule has 9 heteroatoms. The lowest BCUT2D eigenvalue weighted by molar-refractivity contribution is -0.156. The van der Waals surface area contributed by atoms with Crippen LogP contribution in [-0.2, 0) is 23.6 Å². The van der Waals surface area contributed by atoms with Gasteiger partial charge in [0.2, 0.25) is 0 Å². The molecule has 0 aliphatic carbocycles. The Kier molecular flexibility index (Phi) is 4.76. The standard InChI is InChI=1S/C16H26BNO7/c1-15(2)16(3,4)25-17(24-15)6-5-7-22-13(19)12-10-9-23-11(10)8-18(12)14(20)21/h10-12H,5-9H2,1-4H3,(H,20,21). The molecule has 8 nitrogen and oxygen atoms in total. The summed E-state index contributed by atoms with van der Waals surface area (Å²) in [7, 11) is -0.324. The van der Waals surface area contributed by atoms with Crippen molar-refractivity contribution in [2.24, 2.45) is 5.92 Å². The van der Waals surface area contributed by atoms with E-state index in [4.69, 9.17) is 18.8 Å². The topological polar surface area (TPSA) is 94.5 Å². The van der Waals surface area contributed by atoms with Crippen LogP contribution in [0.25, 0.3) is 0 Å². The number of esters is 1. The van der Waals surface area contributed by atoms with E-state index in [0.717, 1.165) is 4.90 Å². The number of carboxylic acid groups (broad SMARTS) is 1. The molecule has 0 bridgehead atoms. The second-order valence-corrected chi connectivity index (χ2v) is 7.91. The summed E-state index contributed by atoms with van der Waals surface area (Å²) in [4.78, 5) is 24.7. The van der Waals surface area contributed by atoms with Crippen LogP contribution in [0.15, 0.2) is 0 Å². The van der Waals surface area contributed by atoms with Crippen molar-refractivity contribution in [1.82, 2.24) is 4.90 Å². The highest BCUT2D eigenvalue weighted by Gasteiger charge is 2.54. The van der Waals surface area contributed by atoms with Gasteiger partial charge in [0, 0.05) is 5.92 Å². The van der Waals surface area contributed by atoms with E-state index in [0.29, 0.717) is 19.3 Å². The van der Waals surface area contributed by atoms with Gasteiger partial charge in [0.05, 0.1) is 37.1 Å². The molecule has 25 heavy (non-hydrogen) atoms. The number of carbonyl (C=O) groups excluding carboxylic acids is 1. The quantitative estimate of drug-likeness (QED) is 0.452. The van der Waals surface area contributed by atoms with Crippen molar-refractivity contribution >= 4 is 19.2 Å². The number of ether oxygens (including phenoxy) is 2. The molecule has 0 spiro atoms. The molecule has 0 radical (unpaired) electrons. The number of hydrogen-bond acceptors (Lipinski definition) is 6. The van der Waals surface area contributed by atoms with Gasteiger partial charge in [-0.1, -0.05) is 0 Å². The van der Waals surface area contributed by atoms with E-state index in [1.54, 1.807) is 0 Å². The molecule has 3 aliphatic heterocycles. The van der Waals surface area contributed by atoms with Crippen LogP contribution in [0, 0.1) is 5.92 Å². The van der Waals surface area contributed by atoms with E-state index in [1.807, 2.05) is 27.7 Å². The normalized spacial score (nSPS) is 32.2. The van der Waals surface area contributed by atoms with E-state index >= 15 is 0 Å². The van der Waals surface area contributed by atoms with E-state index in [-0.39, 0.29) is 43.5 Å². The Morgan fingerprint density at radius 1 is 1.24 bits per heavy atom. The highest BCUT2D eigenvalue weighted by molar-refractivity contribution is 6.45. The first kappa shape index (κ1) is 18.5. The van der Waals surface area contributed by atoms with Crippen molar-refractivity contribution < 1.29 is 33.5 Å². The summed E-state index contributed by atoms with van der Waals surface area (Å²) < 4.78 is 22.4. The second kappa shape index (κ2) is 6.44. The largest absolute Gasteiger partial charge is 0.465 e. The smallest absolute Gasteiger partial charge is 0.457 e. The molecule has 1 N–H and O–H groups in total. The van der Waals surface area contributed by atoms with Gasteiger partial charge < -0.3 is 23.9 Å². The second-order valence-electron chi connectivity index (χ2n) is 7.91. The van der Waals surface area contributed by atoms with Crippen molar-refractivity contribution in [2.75, 3.05) is 19.8 Å². The highest BCUT2D eigenvalue weighted by atomic mass is 16.7.